The predicted octanol–water partition coefficient (Wildman–Crippen LogP) is 5.61. The van der Waals surface area contributed by atoms with Crippen molar-refractivity contribution >= 4 is 12.4 Å². The van der Waals surface area contributed by atoms with Gasteiger partial charge in [-0.1, -0.05) is 44.0 Å². The first-order valence-electron chi connectivity index (χ1n) is 8.48. The van der Waals surface area contributed by atoms with Crippen molar-refractivity contribution in [3.05, 3.63) is 65.0 Å². The zero-order valence-corrected chi connectivity index (χ0v) is 14.5. The Labute approximate surface area is 151 Å². The third-order valence-corrected chi connectivity index (χ3v) is 3.70. The average Bonchev–Trinajstić information content (AvgIpc) is 2.62. The lowest BCUT2D eigenvalue weighted by Crippen LogP contribution is -2.03. The van der Waals surface area contributed by atoms with Crippen molar-refractivity contribution in [3.8, 4) is 5.75 Å². The van der Waals surface area contributed by atoms with Crippen molar-refractivity contribution in [1.29, 1.82) is 0 Å². The van der Waals surface area contributed by atoms with Crippen molar-refractivity contribution in [2.45, 2.75) is 39.2 Å². The maximum atomic E-state index is 13.6. The highest BCUT2D eigenvalue weighted by Crippen LogP contribution is 2.19. The van der Waals surface area contributed by atoms with Crippen LogP contribution >= 0.6 is 0 Å². The molecule has 0 aliphatic heterocycles. The molecule has 2 rings (SSSR count). The Bertz CT molecular complexity index is 743. The summed E-state index contributed by atoms with van der Waals surface area (Å²) in [5.74, 6) is -1.38. The summed E-state index contributed by atoms with van der Waals surface area (Å²) in [5, 5.41) is 7.75. The molecule has 0 saturated heterocycles. The van der Waals surface area contributed by atoms with Gasteiger partial charge in [0, 0.05) is 0 Å². The van der Waals surface area contributed by atoms with Gasteiger partial charge in [0.05, 0.1) is 12.4 Å². The number of ether oxygens (including phenoxy) is 1. The van der Waals surface area contributed by atoms with E-state index >= 15 is 0 Å². The van der Waals surface area contributed by atoms with Crippen LogP contribution in [-0.2, 0) is 6.42 Å². The van der Waals surface area contributed by atoms with Gasteiger partial charge in [-0.3, -0.25) is 0 Å². The quantitative estimate of drug-likeness (QED) is 0.324. The molecule has 0 aromatic heterocycles. The van der Waals surface area contributed by atoms with E-state index < -0.39 is 18.2 Å². The number of hydrogen-bond donors (Lipinski definition) is 0. The van der Waals surface area contributed by atoms with Crippen molar-refractivity contribution in [2.24, 2.45) is 10.2 Å². The summed E-state index contributed by atoms with van der Waals surface area (Å²) in [6, 6.07) is 11.7. The van der Waals surface area contributed by atoms with Gasteiger partial charge in [-0.05, 0) is 47.7 Å². The maximum Gasteiger partial charge on any atom is 0.387 e. The van der Waals surface area contributed by atoms with Crippen LogP contribution in [0.3, 0.4) is 0 Å². The van der Waals surface area contributed by atoms with Crippen molar-refractivity contribution in [2.75, 3.05) is 0 Å². The Hall–Kier alpha value is -2.63. The fraction of sp³-hybridized carbons (Fsp3) is 0.300. The zero-order chi connectivity index (χ0) is 18.8. The maximum absolute atomic E-state index is 13.6. The SMILES string of the molecule is CCCCCc1ccc(C=NN=Cc2ccc(OC(F)F)c(F)c2)cc1. The van der Waals surface area contributed by atoms with Gasteiger partial charge in [-0.25, -0.2) is 4.39 Å². The van der Waals surface area contributed by atoms with Gasteiger partial charge in [0.15, 0.2) is 11.6 Å². The van der Waals surface area contributed by atoms with Gasteiger partial charge in [0.1, 0.15) is 0 Å². The Kier molecular flexibility index (Phi) is 7.86. The van der Waals surface area contributed by atoms with Crippen LogP contribution in [0.25, 0.3) is 0 Å². The van der Waals surface area contributed by atoms with Gasteiger partial charge in [0.2, 0.25) is 0 Å². The van der Waals surface area contributed by atoms with Crippen molar-refractivity contribution < 1.29 is 17.9 Å². The van der Waals surface area contributed by atoms with Gasteiger partial charge in [-0.15, -0.1) is 0 Å². The summed E-state index contributed by atoms with van der Waals surface area (Å²) in [4.78, 5) is 0. The largest absolute Gasteiger partial charge is 0.432 e. The van der Waals surface area contributed by atoms with Gasteiger partial charge < -0.3 is 4.74 Å². The second kappa shape index (κ2) is 10.4. The lowest BCUT2D eigenvalue weighted by atomic mass is 10.1. The number of hydrogen-bond acceptors (Lipinski definition) is 3. The molecule has 0 bridgehead atoms. The van der Waals surface area contributed by atoms with E-state index in [1.807, 2.05) is 12.1 Å². The van der Waals surface area contributed by atoms with Gasteiger partial charge >= 0.3 is 6.61 Å². The minimum absolute atomic E-state index is 0.396. The summed E-state index contributed by atoms with van der Waals surface area (Å²) in [6.07, 6.45) is 7.62. The minimum atomic E-state index is -3.06. The summed E-state index contributed by atoms with van der Waals surface area (Å²) in [7, 11) is 0. The van der Waals surface area contributed by atoms with Crippen LogP contribution < -0.4 is 4.74 Å². The summed E-state index contributed by atoms with van der Waals surface area (Å²) < 4.78 is 41.8. The molecule has 138 valence electrons. The number of aryl methyl sites for hydroxylation is 1. The van der Waals surface area contributed by atoms with E-state index in [-0.39, 0.29) is 0 Å². The molecule has 0 aliphatic rings. The molecule has 2 aromatic carbocycles. The molecule has 2 aromatic rings. The number of benzene rings is 2. The number of unbranched alkanes of at least 4 members (excludes halogenated alkanes) is 2. The number of rotatable bonds is 9. The van der Waals surface area contributed by atoms with Gasteiger partial charge in [-0.2, -0.15) is 19.0 Å². The molecule has 0 heterocycles. The van der Waals surface area contributed by atoms with E-state index in [1.165, 1.54) is 37.1 Å². The van der Waals surface area contributed by atoms with Crippen LogP contribution in [0.4, 0.5) is 13.2 Å². The highest BCUT2D eigenvalue weighted by atomic mass is 19.3. The second-order valence-corrected chi connectivity index (χ2v) is 5.76. The number of halogens is 3. The lowest BCUT2D eigenvalue weighted by Gasteiger charge is -2.05. The van der Waals surface area contributed by atoms with E-state index in [9.17, 15) is 13.2 Å². The molecule has 26 heavy (non-hydrogen) atoms. The lowest BCUT2D eigenvalue weighted by molar-refractivity contribution is -0.0521. The molecule has 0 unspecified atom stereocenters. The average molecular weight is 362 g/mol. The highest BCUT2D eigenvalue weighted by molar-refractivity contribution is 5.82. The first kappa shape index (κ1) is 19.7. The van der Waals surface area contributed by atoms with Crippen LogP contribution in [-0.4, -0.2) is 19.0 Å². The fourth-order valence-corrected chi connectivity index (χ4v) is 2.34. The second-order valence-electron chi connectivity index (χ2n) is 5.76. The summed E-state index contributed by atoms with van der Waals surface area (Å²) in [5.41, 5.74) is 2.60. The molecule has 0 atom stereocenters. The molecule has 0 saturated carbocycles. The summed E-state index contributed by atoms with van der Waals surface area (Å²) >= 11 is 0. The van der Waals surface area contributed by atoms with E-state index in [0.717, 1.165) is 24.1 Å². The normalized spacial score (nSPS) is 11.7. The van der Waals surface area contributed by atoms with Crippen LogP contribution in [0.1, 0.15) is 42.9 Å². The summed E-state index contributed by atoms with van der Waals surface area (Å²) in [6.45, 7) is -0.883. The first-order valence-corrected chi connectivity index (χ1v) is 8.48. The number of nitrogens with zero attached hydrogens (tertiary/aromatic N) is 2. The van der Waals surface area contributed by atoms with Crippen molar-refractivity contribution in [3.63, 3.8) is 0 Å². The van der Waals surface area contributed by atoms with Crippen LogP contribution in [0.2, 0.25) is 0 Å². The molecular formula is C20H21F3N2O. The highest BCUT2D eigenvalue weighted by Gasteiger charge is 2.09. The smallest absolute Gasteiger partial charge is 0.387 e. The van der Waals surface area contributed by atoms with E-state index in [1.54, 1.807) is 6.21 Å². The molecule has 3 nitrogen and oxygen atoms in total. The minimum Gasteiger partial charge on any atom is -0.432 e. The molecule has 0 spiro atoms. The molecule has 0 fully saturated rings. The Morgan fingerprint density at radius 3 is 2.23 bits per heavy atom. The molecule has 0 N–H and O–H groups in total. The molecular weight excluding hydrogens is 341 g/mol. The van der Waals surface area contributed by atoms with Crippen LogP contribution in [0, 0.1) is 5.82 Å². The topological polar surface area (TPSA) is 34.0 Å². The molecule has 6 heteroatoms. The zero-order valence-electron chi connectivity index (χ0n) is 14.5. The third kappa shape index (κ3) is 6.70. The van der Waals surface area contributed by atoms with E-state index in [0.29, 0.717) is 5.56 Å². The van der Waals surface area contributed by atoms with Crippen molar-refractivity contribution in [1.82, 2.24) is 0 Å². The van der Waals surface area contributed by atoms with E-state index in [2.05, 4.69) is 34.0 Å². The van der Waals surface area contributed by atoms with E-state index in [4.69, 9.17) is 0 Å². The Morgan fingerprint density at radius 1 is 0.962 bits per heavy atom. The first-order chi connectivity index (χ1) is 12.6. The standard InChI is InChI=1S/C20H21F3N2O/c1-2-3-4-5-15-6-8-16(9-7-15)13-24-25-14-17-10-11-19(18(21)12-17)26-20(22)23/h6-14,20H,2-5H2,1H3. The monoisotopic (exact) mass is 362 g/mol. The van der Waals surface area contributed by atoms with Crippen LogP contribution in [0.15, 0.2) is 52.7 Å². The molecule has 0 radical (unpaired) electrons. The Morgan fingerprint density at radius 2 is 1.62 bits per heavy atom. The molecule has 0 amide bonds. The predicted molar refractivity (Wildman–Crippen MR) is 97.9 cm³/mol. The fourth-order valence-electron chi connectivity index (χ4n) is 2.34. The Balaban J connectivity index is 1.90. The van der Waals surface area contributed by atoms with Gasteiger partial charge in [0.25, 0.3) is 0 Å². The third-order valence-electron chi connectivity index (χ3n) is 3.70. The molecule has 0 aliphatic carbocycles. The van der Waals surface area contributed by atoms with Crippen LogP contribution in [0.5, 0.6) is 5.75 Å². The number of alkyl halides is 2.